The van der Waals surface area contributed by atoms with Gasteiger partial charge in [-0.05, 0) is 25.3 Å². The highest BCUT2D eigenvalue weighted by atomic mass is 14.8. The third kappa shape index (κ3) is 1.84. The molecule has 2 aliphatic rings. The molecule has 1 nitrogen and oxygen atoms in total. The van der Waals surface area contributed by atoms with Gasteiger partial charge in [-0.25, -0.2) is 0 Å². The second-order valence-electron chi connectivity index (χ2n) is 3.82. The number of hydrogen-bond acceptors (Lipinski definition) is 1. The van der Waals surface area contributed by atoms with Crippen molar-refractivity contribution in [3.8, 4) is 0 Å². The quantitative estimate of drug-likeness (QED) is 0.596. The molecule has 2 rings (SSSR count). The van der Waals surface area contributed by atoms with E-state index in [-0.39, 0.29) is 0 Å². The van der Waals surface area contributed by atoms with E-state index in [0.29, 0.717) is 0 Å². The van der Waals surface area contributed by atoms with Crippen molar-refractivity contribution in [2.75, 3.05) is 13.1 Å². The van der Waals surface area contributed by atoms with Gasteiger partial charge in [0.15, 0.2) is 0 Å². The molecule has 1 saturated carbocycles. The fraction of sp³-hybridized carbons (Fsp3) is 0.800. The lowest BCUT2D eigenvalue weighted by molar-refractivity contribution is 0.310. The third-order valence-corrected chi connectivity index (χ3v) is 2.93. The van der Waals surface area contributed by atoms with Crippen LogP contribution in [-0.4, -0.2) is 13.1 Å². The molecule has 0 bridgehead atoms. The van der Waals surface area contributed by atoms with Crippen molar-refractivity contribution in [1.82, 2.24) is 5.32 Å². The van der Waals surface area contributed by atoms with Crippen LogP contribution in [0.3, 0.4) is 0 Å². The Morgan fingerprint density at radius 3 is 2.91 bits per heavy atom. The summed E-state index contributed by atoms with van der Waals surface area (Å²) in [5.41, 5.74) is 1.72. The second kappa shape index (κ2) is 3.40. The summed E-state index contributed by atoms with van der Waals surface area (Å²) in [4.78, 5) is 0. The molecule has 1 fully saturated rings. The summed E-state index contributed by atoms with van der Waals surface area (Å²) < 4.78 is 0. The molecule has 1 heteroatoms. The molecule has 1 N–H and O–H groups in total. The molecule has 0 aromatic rings. The van der Waals surface area contributed by atoms with Gasteiger partial charge in [-0.2, -0.15) is 0 Å². The van der Waals surface area contributed by atoms with Gasteiger partial charge in [0.25, 0.3) is 0 Å². The summed E-state index contributed by atoms with van der Waals surface area (Å²) in [5, 5.41) is 3.35. The molecule has 1 aliphatic heterocycles. The first kappa shape index (κ1) is 7.35. The standard InChI is InChI=1S/C10H17N/c1-2-9(3-1)8-10-4-6-11-7-5-10/h4,9,11H,1-3,5-8H2. The van der Waals surface area contributed by atoms with Gasteiger partial charge in [0.05, 0.1) is 0 Å². The van der Waals surface area contributed by atoms with Crippen molar-refractivity contribution in [2.24, 2.45) is 5.92 Å². The first-order valence-corrected chi connectivity index (χ1v) is 4.84. The van der Waals surface area contributed by atoms with Crippen molar-refractivity contribution in [3.05, 3.63) is 11.6 Å². The van der Waals surface area contributed by atoms with Gasteiger partial charge < -0.3 is 5.32 Å². The van der Waals surface area contributed by atoms with Gasteiger partial charge in [0, 0.05) is 6.54 Å². The molecule has 62 valence electrons. The minimum absolute atomic E-state index is 1.05. The Bertz CT molecular complexity index is 156. The zero-order chi connectivity index (χ0) is 7.52. The largest absolute Gasteiger partial charge is 0.313 e. The molecule has 0 aromatic carbocycles. The Labute approximate surface area is 68.9 Å². The third-order valence-electron chi connectivity index (χ3n) is 2.93. The smallest absolute Gasteiger partial charge is 0.0137 e. The molecule has 0 atom stereocenters. The van der Waals surface area contributed by atoms with Gasteiger partial charge >= 0.3 is 0 Å². The normalized spacial score (nSPS) is 26.0. The lowest BCUT2D eigenvalue weighted by Gasteiger charge is -2.27. The topological polar surface area (TPSA) is 12.0 Å². The van der Waals surface area contributed by atoms with Gasteiger partial charge in [0.2, 0.25) is 0 Å². The van der Waals surface area contributed by atoms with E-state index < -0.39 is 0 Å². The molecule has 1 heterocycles. The van der Waals surface area contributed by atoms with Crippen LogP contribution < -0.4 is 5.32 Å². The lowest BCUT2D eigenvalue weighted by Crippen LogP contribution is -2.22. The zero-order valence-corrected chi connectivity index (χ0v) is 7.10. The molecule has 0 spiro atoms. The van der Waals surface area contributed by atoms with Crippen LogP contribution in [0.2, 0.25) is 0 Å². The SMILES string of the molecule is C1=C(CC2CCC2)CCNC1. The Hall–Kier alpha value is -0.300. The van der Waals surface area contributed by atoms with Crippen molar-refractivity contribution < 1.29 is 0 Å². The lowest BCUT2D eigenvalue weighted by atomic mass is 9.80. The maximum atomic E-state index is 3.35. The van der Waals surface area contributed by atoms with Crippen LogP contribution in [0.5, 0.6) is 0 Å². The van der Waals surface area contributed by atoms with Gasteiger partial charge in [-0.3, -0.25) is 0 Å². The molecule has 0 unspecified atom stereocenters. The van der Waals surface area contributed by atoms with Crippen molar-refractivity contribution in [1.29, 1.82) is 0 Å². The van der Waals surface area contributed by atoms with Crippen LogP contribution in [0.25, 0.3) is 0 Å². The number of nitrogens with one attached hydrogen (secondary N) is 1. The molecule has 11 heavy (non-hydrogen) atoms. The minimum Gasteiger partial charge on any atom is -0.313 e. The Morgan fingerprint density at radius 1 is 1.45 bits per heavy atom. The van der Waals surface area contributed by atoms with Crippen LogP contribution in [0.15, 0.2) is 11.6 Å². The summed E-state index contributed by atoms with van der Waals surface area (Å²) in [6.45, 7) is 2.32. The highest BCUT2D eigenvalue weighted by molar-refractivity contribution is 5.08. The summed E-state index contributed by atoms with van der Waals surface area (Å²) in [5.74, 6) is 1.05. The van der Waals surface area contributed by atoms with Gasteiger partial charge in [-0.15, -0.1) is 0 Å². The highest BCUT2D eigenvalue weighted by Crippen LogP contribution is 2.32. The molecule has 1 aliphatic carbocycles. The Morgan fingerprint density at radius 2 is 2.36 bits per heavy atom. The fourth-order valence-electron chi connectivity index (χ4n) is 1.92. The van der Waals surface area contributed by atoms with Crippen LogP contribution in [0.4, 0.5) is 0 Å². The van der Waals surface area contributed by atoms with Crippen LogP contribution in [0, 0.1) is 5.92 Å². The zero-order valence-electron chi connectivity index (χ0n) is 7.10. The maximum Gasteiger partial charge on any atom is 0.0137 e. The predicted molar refractivity (Wildman–Crippen MR) is 47.5 cm³/mol. The van der Waals surface area contributed by atoms with Crippen molar-refractivity contribution >= 4 is 0 Å². The summed E-state index contributed by atoms with van der Waals surface area (Å²) in [7, 11) is 0. The second-order valence-corrected chi connectivity index (χ2v) is 3.82. The first-order chi connectivity index (χ1) is 5.45. The monoisotopic (exact) mass is 151 g/mol. The van der Waals surface area contributed by atoms with E-state index in [1.807, 2.05) is 0 Å². The Balaban J connectivity index is 1.79. The summed E-state index contributed by atoms with van der Waals surface area (Å²) in [6.07, 6.45) is 9.56. The number of rotatable bonds is 2. The molecule has 0 radical (unpaired) electrons. The van der Waals surface area contributed by atoms with E-state index in [1.54, 1.807) is 5.57 Å². The maximum absolute atomic E-state index is 3.35. The van der Waals surface area contributed by atoms with E-state index in [4.69, 9.17) is 0 Å². The van der Waals surface area contributed by atoms with Crippen LogP contribution in [-0.2, 0) is 0 Å². The number of hydrogen-bond donors (Lipinski definition) is 1. The van der Waals surface area contributed by atoms with Crippen molar-refractivity contribution in [2.45, 2.75) is 32.1 Å². The van der Waals surface area contributed by atoms with E-state index >= 15 is 0 Å². The van der Waals surface area contributed by atoms with Crippen LogP contribution >= 0.6 is 0 Å². The minimum atomic E-state index is 1.05. The molecule has 0 saturated heterocycles. The van der Waals surface area contributed by atoms with Crippen molar-refractivity contribution in [3.63, 3.8) is 0 Å². The van der Waals surface area contributed by atoms with E-state index in [2.05, 4.69) is 11.4 Å². The average molecular weight is 151 g/mol. The van der Waals surface area contributed by atoms with Crippen LogP contribution in [0.1, 0.15) is 32.1 Å². The van der Waals surface area contributed by atoms with E-state index in [1.165, 1.54) is 38.6 Å². The molecular weight excluding hydrogens is 134 g/mol. The molecular formula is C10H17N. The first-order valence-electron chi connectivity index (χ1n) is 4.84. The highest BCUT2D eigenvalue weighted by Gasteiger charge is 2.18. The Kier molecular flexibility index (Phi) is 2.27. The fourth-order valence-corrected chi connectivity index (χ4v) is 1.92. The molecule has 0 aromatic heterocycles. The van der Waals surface area contributed by atoms with Gasteiger partial charge in [0.1, 0.15) is 0 Å². The average Bonchev–Trinajstić information content (AvgIpc) is 1.99. The molecule has 0 amide bonds. The summed E-state index contributed by atoms with van der Waals surface area (Å²) >= 11 is 0. The van der Waals surface area contributed by atoms with Gasteiger partial charge in [-0.1, -0.05) is 30.9 Å². The summed E-state index contributed by atoms with van der Waals surface area (Å²) in [6, 6.07) is 0. The van der Waals surface area contributed by atoms with E-state index in [0.717, 1.165) is 12.5 Å². The van der Waals surface area contributed by atoms with E-state index in [9.17, 15) is 0 Å². The predicted octanol–water partition coefficient (Wildman–Crippen LogP) is 2.10.